The number of nitrogens with zero attached hydrogens (tertiary/aromatic N) is 2. The van der Waals surface area contributed by atoms with Gasteiger partial charge in [-0.15, -0.1) is 11.3 Å². The Morgan fingerprint density at radius 2 is 2.00 bits per heavy atom. The van der Waals surface area contributed by atoms with E-state index in [-0.39, 0.29) is 17.9 Å². The number of halogens is 1. The van der Waals surface area contributed by atoms with Gasteiger partial charge in [0.05, 0.1) is 5.56 Å². The van der Waals surface area contributed by atoms with E-state index in [2.05, 4.69) is 4.98 Å². The number of thiazole rings is 1. The molecule has 0 saturated heterocycles. The summed E-state index contributed by atoms with van der Waals surface area (Å²) in [6, 6.07) is 11.6. The molecule has 0 radical (unpaired) electrons. The smallest absolute Gasteiger partial charge is 0.335 e. The summed E-state index contributed by atoms with van der Waals surface area (Å²) in [5.41, 5.74) is 7.96. The van der Waals surface area contributed by atoms with E-state index >= 15 is 0 Å². The topological polar surface area (TPSA) is 80.6 Å². The van der Waals surface area contributed by atoms with E-state index in [4.69, 9.17) is 10.8 Å². The number of carboxylic acids is 1. The third-order valence-electron chi connectivity index (χ3n) is 4.20. The molecule has 0 fully saturated rings. The Morgan fingerprint density at radius 3 is 2.69 bits per heavy atom. The van der Waals surface area contributed by atoms with Gasteiger partial charge in [0.25, 0.3) is 0 Å². The number of benzene rings is 2. The number of rotatable bonds is 4. The van der Waals surface area contributed by atoms with Gasteiger partial charge in [-0.1, -0.05) is 24.3 Å². The van der Waals surface area contributed by atoms with Crippen molar-refractivity contribution < 1.29 is 14.3 Å². The monoisotopic (exact) mass is 367 g/mol. The van der Waals surface area contributed by atoms with Gasteiger partial charge >= 0.3 is 5.97 Å². The SMILES string of the molecule is NCc1cccc(-c2nc(-c3ccc(C(=O)O)cc3)n3ccsc23)c1F. The molecule has 2 aromatic carbocycles. The van der Waals surface area contributed by atoms with Crippen LogP contribution in [0.1, 0.15) is 15.9 Å². The molecule has 0 spiro atoms. The van der Waals surface area contributed by atoms with Crippen LogP contribution in [0.2, 0.25) is 0 Å². The van der Waals surface area contributed by atoms with Crippen LogP contribution in [0.15, 0.2) is 54.0 Å². The van der Waals surface area contributed by atoms with Crippen LogP contribution in [0.3, 0.4) is 0 Å². The number of aromatic carboxylic acids is 1. The van der Waals surface area contributed by atoms with Crippen molar-refractivity contribution in [3.05, 3.63) is 71.0 Å². The summed E-state index contributed by atoms with van der Waals surface area (Å²) >= 11 is 1.46. The molecule has 26 heavy (non-hydrogen) atoms. The molecule has 0 aliphatic heterocycles. The second kappa shape index (κ2) is 6.36. The highest BCUT2D eigenvalue weighted by atomic mass is 32.1. The van der Waals surface area contributed by atoms with E-state index < -0.39 is 5.97 Å². The summed E-state index contributed by atoms with van der Waals surface area (Å²) in [6.07, 6.45) is 1.86. The highest BCUT2D eigenvalue weighted by molar-refractivity contribution is 7.16. The summed E-state index contributed by atoms with van der Waals surface area (Å²) < 4.78 is 16.6. The highest BCUT2D eigenvalue weighted by Crippen LogP contribution is 2.34. The number of fused-ring (bicyclic) bond motifs is 1. The van der Waals surface area contributed by atoms with Crippen molar-refractivity contribution in [3.8, 4) is 22.6 Å². The Labute approximate surface area is 152 Å². The number of carboxylic acid groups (broad SMARTS) is 1. The highest BCUT2D eigenvalue weighted by Gasteiger charge is 2.19. The lowest BCUT2D eigenvalue weighted by molar-refractivity contribution is 0.0697. The number of hydrogen-bond donors (Lipinski definition) is 2. The van der Waals surface area contributed by atoms with Crippen molar-refractivity contribution in [3.63, 3.8) is 0 Å². The first-order chi connectivity index (χ1) is 12.6. The van der Waals surface area contributed by atoms with Crippen molar-refractivity contribution in [2.24, 2.45) is 5.73 Å². The van der Waals surface area contributed by atoms with E-state index in [0.29, 0.717) is 22.6 Å². The van der Waals surface area contributed by atoms with Gasteiger partial charge in [-0.2, -0.15) is 0 Å². The summed E-state index contributed by atoms with van der Waals surface area (Å²) in [7, 11) is 0. The van der Waals surface area contributed by atoms with Crippen LogP contribution in [-0.2, 0) is 6.54 Å². The minimum Gasteiger partial charge on any atom is -0.478 e. The number of imidazole rings is 1. The summed E-state index contributed by atoms with van der Waals surface area (Å²) in [6.45, 7) is 0.116. The third kappa shape index (κ3) is 2.58. The Morgan fingerprint density at radius 1 is 1.23 bits per heavy atom. The summed E-state index contributed by atoms with van der Waals surface area (Å²) in [5.74, 6) is -0.719. The predicted molar refractivity (Wildman–Crippen MR) is 98.7 cm³/mol. The van der Waals surface area contributed by atoms with Gasteiger partial charge in [0, 0.05) is 34.8 Å². The van der Waals surface area contributed by atoms with Crippen LogP contribution in [-0.4, -0.2) is 20.5 Å². The molecule has 0 amide bonds. The average Bonchev–Trinajstić information content (AvgIpc) is 3.25. The normalized spacial score (nSPS) is 11.2. The fraction of sp³-hybridized carbons (Fsp3) is 0.0526. The fourth-order valence-corrected chi connectivity index (χ4v) is 3.73. The zero-order valence-corrected chi connectivity index (χ0v) is 14.3. The van der Waals surface area contributed by atoms with Gasteiger partial charge in [-0.25, -0.2) is 14.2 Å². The van der Waals surface area contributed by atoms with Crippen LogP contribution >= 0.6 is 11.3 Å². The molecule has 2 aromatic heterocycles. The quantitative estimate of drug-likeness (QED) is 0.571. The zero-order valence-electron chi connectivity index (χ0n) is 13.5. The minimum atomic E-state index is -0.985. The Hall–Kier alpha value is -3.03. The Kier molecular flexibility index (Phi) is 4.02. The summed E-state index contributed by atoms with van der Waals surface area (Å²) in [4.78, 5) is 16.5. The van der Waals surface area contributed by atoms with Crippen molar-refractivity contribution in [1.82, 2.24) is 9.38 Å². The molecule has 0 bridgehead atoms. The third-order valence-corrected chi connectivity index (χ3v) is 5.07. The molecule has 0 atom stereocenters. The molecular weight excluding hydrogens is 353 g/mol. The van der Waals surface area contributed by atoms with Gasteiger partial charge in [0.2, 0.25) is 0 Å². The second-order valence-electron chi connectivity index (χ2n) is 5.73. The van der Waals surface area contributed by atoms with Crippen molar-refractivity contribution in [2.75, 3.05) is 0 Å². The van der Waals surface area contributed by atoms with Crippen molar-refractivity contribution in [1.29, 1.82) is 0 Å². The Balaban J connectivity index is 1.90. The fourth-order valence-electron chi connectivity index (χ4n) is 2.89. The van der Waals surface area contributed by atoms with Gasteiger partial charge in [0.15, 0.2) is 0 Å². The maximum atomic E-state index is 14.8. The van der Waals surface area contributed by atoms with E-state index in [1.165, 1.54) is 23.5 Å². The first-order valence-electron chi connectivity index (χ1n) is 7.87. The van der Waals surface area contributed by atoms with E-state index in [0.717, 1.165) is 10.4 Å². The number of hydrogen-bond acceptors (Lipinski definition) is 4. The number of nitrogens with two attached hydrogens (primary N) is 1. The van der Waals surface area contributed by atoms with Gasteiger partial charge in [0.1, 0.15) is 22.2 Å². The van der Waals surface area contributed by atoms with Crippen LogP contribution < -0.4 is 5.73 Å². The van der Waals surface area contributed by atoms with Crippen LogP contribution in [0.4, 0.5) is 4.39 Å². The molecule has 3 N–H and O–H groups in total. The standard InChI is InChI=1S/C19H14FN3O2S/c20-15-13(10-21)2-1-3-14(15)16-18-23(8-9-26-18)17(22-16)11-4-6-12(7-5-11)19(24)25/h1-9H,10,21H2,(H,24,25). The second-order valence-corrected chi connectivity index (χ2v) is 6.62. The van der Waals surface area contributed by atoms with Gasteiger partial charge in [-0.05, 0) is 18.2 Å². The zero-order chi connectivity index (χ0) is 18.3. The van der Waals surface area contributed by atoms with Gasteiger partial charge < -0.3 is 10.8 Å². The maximum Gasteiger partial charge on any atom is 0.335 e. The van der Waals surface area contributed by atoms with E-state index in [1.54, 1.807) is 30.3 Å². The van der Waals surface area contributed by atoms with Crippen LogP contribution in [0.25, 0.3) is 27.5 Å². The van der Waals surface area contributed by atoms with E-state index in [1.807, 2.05) is 16.0 Å². The lowest BCUT2D eigenvalue weighted by atomic mass is 10.1. The molecule has 2 heterocycles. The lowest BCUT2D eigenvalue weighted by Gasteiger charge is -2.04. The number of aromatic nitrogens is 2. The largest absolute Gasteiger partial charge is 0.478 e. The number of carbonyl (C=O) groups is 1. The summed E-state index contributed by atoms with van der Waals surface area (Å²) in [5, 5.41) is 10.9. The molecule has 0 aliphatic carbocycles. The molecule has 0 aliphatic rings. The average molecular weight is 367 g/mol. The van der Waals surface area contributed by atoms with Crippen molar-refractivity contribution >= 4 is 22.1 Å². The molecule has 0 saturated carbocycles. The molecule has 4 aromatic rings. The lowest BCUT2D eigenvalue weighted by Crippen LogP contribution is -2.01. The molecular formula is C19H14FN3O2S. The maximum absolute atomic E-state index is 14.8. The first kappa shape index (κ1) is 16.4. The molecule has 7 heteroatoms. The van der Waals surface area contributed by atoms with Crippen LogP contribution in [0, 0.1) is 5.82 Å². The van der Waals surface area contributed by atoms with E-state index in [9.17, 15) is 9.18 Å². The molecule has 130 valence electrons. The predicted octanol–water partition coefficient (Wildman–Crippen LogP) is 4.03. The Bertz CT molecular complexity index is 1120. The molecule has 5 nitrogen and oxygen atoms in total. The van der Waals surface area contributed by atoms with Crippen molar-refractivity contribution in [2.45, 2.75) is 6.54 Å². The molecule has 4 rings (SSSR count). The first-order valence-corrected chi connectivity index (χ1v) is 8.75. The minimum absolute atomic E-state index is 0.116. The van der Waals surface area contributed by atoms with Gasteiger partial charge in [-0.3, -0.25) is 4.40 Å². The van der Waals surface area contributed by atoms with Crippen LogP contribution in [0.5, 0.6) is 0 Å². The molecule has 0 unspecified atom stereocenters.